The maximum atomic E-state index is 12.4. The van der Waals surface area contributed by atoms with Gasteiger partial charge in [0.25, 0.3) is 0 Å². The minimum Gasteiger partial charge on any atom is -0.480 e. The van der Waals surface area contributed by atoms with Crippen LogP contribution in [0.3, 0.4) is 0 Å². The molecule has 2 atom stereocenters. The van der Waals surface area contributed by atoms with E-state index in [9.17, 15) is 24.6 Å². The van der Waals surface area contributed by atoms with Gasteiger partial charge in [0.15, 0.2) is 0 Å². The molecule has 0 fully saturated rings. The van der Waals surface area contributed by atoms with Gasteiger partial charge < -0.3 is 19.7 Å². The Morgan fingerprint density at radius 3 is 1.64 bits per heavy atom. The van der Waals surface area contributed by atoms with Gasteiger partial charge in [0.2, 0.25) is 0 Å². The Morgan fingerprint density at radius 2 is 1.36 bits per heavy atom. The molecule has 0 spiro atoms. The molecule has 0 bridgehead atoms. The number of carbonyl (C=O) groups is 3. The van der Waals surface area contributed by atoms with Crippen LogP contribution in [0.5, 0.6) is 0 Å². The van der Waals surface area contributed by atoms with E-state index >= 15 is 0 Å². The largest absolute Gasteiger partial charge is 0.480 e. The number of hydrogen-bond donors (Lipinski definition) is 2. The topological polar surface area (TPSA) is 113 Å². The van der Waals surface area contributed by atoms with Gasteiger partial charge in [-0.2, -0.15) is 4.90 Å². The lowest BCUT2D eigenvalue weighted by atomic mass is 10.0. The predicted octanol–water partition coefficient (Wildman–Crippen LogP) is 3.16. The number of nitrogens with zero attached hydrogens (tertiary/aromatic N) is 1. The van der Waals surface area contributed by atoms with E-state index in [1.807, 2.05) is 6.92 Å². The zero-order valence-electron chi connectivity index (χ0n) is 16.2. The fraction of sp³-hybridized carbons (Fsp3) is 0.824. The van der Waals surface area contributed by atoms with Crippen LogP contribution < -0.4 is 0 Å². The highest BCUT2D eigenvalue weighted by Gasteiger charge is 2.41. The van der Waals surface area contributed by atoms with Crippen molar-refractivity contribution in [3.8, 4) is 0 Å². The Morgan fingerprint density at radius 1 is 0.960 bits per heavy atom. The second-order valence-electron chi connectivity index (χ2n) is 7.86. The Bertz CT molecular complexity index is 448. The highest BCUT2D eigenvalue weighted by Crippen LogP contribution is 2.20. The fourth-order valence-electron chi connectivity index (χ4n) is 1.98. The van der Waals surface area contributed by atoms with Crippen LogP contribution in [0.2, 0.25) is 0 Å². The van der Waals surface area contributed by atoms with Gasteiger partial charge in [0.1, 0.15) is 17.2 Å². The molecule has 0 saturated carbocycles. The third-order valence-electron chi connectivity index (χ3n) is 2.89. The summed E-state index contributed by atoms with van der Waals surface area (Å²) in [4.78, 5) is 36.9. The highest BCUT2D eigenvalue weighted by molar-refractivity contribution is 5.93. The monoisotopic (exact) mass is 361 g/mol. The minimum atomic E-state index is -1.59. The van der Waals surface area contributed by atoms with E-state index in [2.05, 4.69) is 0 Å². The van der Waals surface area contributed by atoms with E-state index in [4.69, 9.17) is 9.47 Å². The summed E-state index contributed by atoms with van der Waals surface area (Å²) in [7, 11) is 0. The zero-order valence-corrected chi connectivity index (χ0v) is 16.2. The average Bonchev–Trinajstić information content (AvgIpc) is 2.33. The lowest BCUT2D eigenvalue weighted by Crippen LogP contribution is -2.53. The number of aliphatic hydroxyl groups is 1. The summed E-state index contributed by atoms with van der Waals surface area (Å²) in [6.45, 7) is 11.4. The first-order valence-corrected chi connectivity index (χ1v) is 8.34. The number of aliphatic hydroxyl groups excluding tert-OH is 1. The Balaban J connectivity index is 5.67. The fourth-order valence-corrected chi connectivity index (χ4v) is 1.98. The van der Waals surface area contributed by atoms with E-state index < -0.39 is 41.5 Å². The molecule has 0 rings (SSSR count). The van der Waals surface area contributed by atoms with Gasteiger partial charge >= 0.3 is 18.2 Å². The third-order valence-corrected chi connectivity index (χ3v) is 2.89. The van der Waals surface area contributed by atoms with Crippen molar-refractivity contribution in [2.45, 2.75) is 91.1 Å². The van der Waals surface area contributed by atoms with E-state index in [0.29, 0.717) is 17.7 Å². The van der Waals surface area contributed by atoms with Gasteiger partial charge in [0.05, 0.1) is 6.10 Å². The molecule has 0 aromatic rings. The first-order chi connectivity index (χ1) is 11.2. The van der Waals surface area contributed by atoms with E-state index in [-0.39, 0.29) is 6.42 Å². The van der Waals surface area contributed by atoms with Gasteiger partial charge in [-0.3, -0.25) is 0 Å². The molecule has 2 N–H and O–H groups in total. The molecular formula is C17H31NO7. The first kappa shape index (κ1) is 23.2. The minimum absolute atomic E-state index is 0.304. The summed E-state index contributed by atoms with van der Waals surface area (Å²) < 4.78 is 10.3. The summed E-state index contributed by atoms with van der Waals surface area (Å²) in [6, 6.07) is -1.59. The van der Waals surface area contributed by atoms with Crippen molar-refractivity contribution in [3.05, 3.63) is 0 Å². The summed E-state index contributed by atoms with van der Waals surface area (Å²) in [5, 5.41) is 19.4. The van der Waals surface area contributed by atoms with Crippen molar-refractivity contribution in [2.75, 3.05) is 0 Å². The van der Waals surface area contributed by atoms with Gasteiger partial charge in [-0.25, -0.2) is 14.4 Å². The lowest BCUT2D eigenvalue weighted by molar-refractivity contribution is -0.144. The number of imide groups is 1. The molecule has 0 aromatic carbocycles. The van der Waals surface area contributed by atoms with Gasteiger partial charge in [0, 0.05) is 6.42 Å². The summed E-state index contributed by atoms with van der Waals surface area (Å²) in [5.41, 5.74) is -1.86. The van der Waals surface area contributed by atoms with Crippen LogP contribution in [0.4, 0.5) is 9.59 Å². The summed E-state index contributed by atoms with van der Waals surface area (Å²) >= 11 is 0. The number of ether oxygens (including phenoxy) is 2. The average molecular weight is 361 g/mol. The molecule has 146 valence electrons. The molecule has 8 heteroatoms. The number of carboxylic acid groups (broad SMARTS) is 1. The number of amides is 2. The standard InChI is InChI=1S/C17H31NO7/c1-8-9-11(19)10-12(13(20)21)18(14(22)24-16(2,3)4)15(23)25-17(5,6)7/h11-12,19H,8-10H2,1-7H3,(H,20,21). The number of rotatable bonds is 6. The molecule has 0 aliphatic rings. The van der Waals surface area contributed by atoms with Crippen LogP contribution in [-0.2, 0) is 14.3 Å². The molecule has 8 nitrogen and oxygen atoms in total. The van der Waals surface area contributed by atoms with Crippen molar-refractivity contribution < 1.29 is 34.1 Å². The summed E-state index contributed by atoms with van der Waals surface area (Å²) in [5.74, 6) is -1.42. The highest BCUT2D eigenvalue weighted by atomic mass is 16.6. The molecule has 0 saturated heterocycles. The van der Waals surface area contributed by atoms with Crippen molar-refractivity contribution in [1.82, 2.24) is 4.90 Å². The molecule has 0 aromatic heterocycles. The number of aliphatic carboxylic acids is 1. The third kappa shape index (κ3) is 9.28. The molecular weight excluding hydrogens is 330 g/mol. The number of carboxylic acids is 1. The van der Waals surface area contributed by atoms with Crippen LogP contribution in [0.1, 0.15) is 67.7 Å². The van der Waals surface area contributed by atoms with Crippen LogP contribution in [0.25, 0.3) is 0 Å². The smallest absolute Gasteiger partial charge is 0.420 e. The Labute approximate surface area is 149 Å². The van der Waals surface area contributed by atoms with Crippen LogP contribution in [0.15, 0.2) is 0 Å². The molecule has 2 amide bonds. The number of carbonyl (C=O) groups excluding carboxylic acids is 2. The lowest BCUT2D eigenvalue weighted by Gasteiger charge is -2.32. The van der Waals surface area contributed by atoms with E-state index in [1.54, 1.807) is 41.5 Å². The quantitative estimate of drug-likeness (QED) is 0.747. The van der Waals surface area contributed by atoms with Gasteiger partial charge in [-0.1, -0.05) is 13.3 Å². The maximum absolute atomic E-state index is 12.4. The Hall–Kier alpha value is -1.83. The zero-order chi connectivity index (χ0) is 20.0. The normalized spacial score (nSPS) is 14.4. The second-order valence-corrected chi connectivity index (χ2v) is 7.86. The first-order valence-electron chi connectivity index (χ1n) is 8.34. The molecule has 0 radical (unpaired) electrons. The predicted molar refractivity (Wildman–Crippen MR) is 91.3 cm³/mol. The number of hydrogen-bond acceptors (Lipinski definition) is 6. The molecule has 0 heterocycles. The molecule has 2 unspecified atom stereocenters. The second kappa shape index (κ2) is 9.03. The van der Waals surface area contributed by atoms with Gasteiger partial charge in [-0.05, 0) is 48.0 Å². The van der Waals surface area contributed by atoms with Crippen molar-refractivity contribution in [3.63, 3.8) is 0 Å². The molecule has 25 heavy (non-hydrogen) atoms. The van der Waals surface area contributed by atoms with Crippen LogP contribution >= 0.6 is 0 Å². The molecule has 0 aliphatic carbocycles. The van der Waals surface area contributed by atoms with E-state index in [0.717, 1.165) is 0 Å². The van der Waals surface area contributed by atoms with Gasteiger partial charge in [-0.15, -0.1) is 0 Å². The SMILES string of the molecule is CCCC(O)CC(C(=O)O)N(C(=O)OC(C)(C)C)C(=O)OC(C)(C)C. The Kier molecular flexibility index (Phi) is 8.37. The molecule has 0 aliphatic heterocycles. The van der Waals surface area contributed by atoms with Crippen molar-refractivity contribution in [2.24, 2.45) is 0 Å². The van der Waals surface area contributed by atoms with Crippen molar-refractivity contribution in [1.29, 1.82) is 0 Å². The van der Waals surface area contributed by atoms with Crippen molar-refractivity contribution >= 4 is 18.2 Å². The maximum Gasteiger partial charge on any atom is 0.420 e. The summed E-state index contributed by atoms with van der Waals surface area (Å²) in [6.07, 6.45) is -2.55. The van der Waals surface area contributed by atoms with Crippen LogP contribution in [0, 0.1) is 0 Å². The van der Waals surface area contributed by atoms with E-state index in [1.165, 1.54) is 0 Å². The van der Waals surface area contributed by atoms with Crippen LogP contribution in [-0.4, -0.2) is 56.6 Å².